The highest BCUT2D eigenvalue weighted by Crippen LogP contribution is 2.33. The van der Waals surface area contributed by atoms with Crippen LogP contribution < -0.4 is 18.9 Å². The van der Waals surface area contributed by atoms with Gasteiger partial charge >= 0.3 is 5.97 Å². The fourth-order valence-corrected chi connectivity index (χ4v) is 2.61. The average molecular weight is 432 g/mol. The number of aromatic nitrogens is 2. The Kier molecular flexibility index (Phi) is 7.88. The Morgan fingerprint density at radius 3 is 1.87 bits per heavy atom. The number of carboxylic acid groups (broad SMARTS) is 1. The molecule has 9 nitrogen and oxygen atoms in total. The summed E-state index contributed by atoms with van der Waals surface area (Å²) in [5, 5.41) is 17.8. The van der Waals surface area contributed by atoms with Crippen LogP contribution in [0.5, 0.6) is 23.0 Å². The van der Waals surface area contributed by atoms with Crippen molar-refractivity contribution < 1.29 is 34.0 Å². The summed E-state index contributed by atoms with van der Waals surface area (Å²) < 4.78 is 21.3. The molecule has 0 amide bonds. The average Bonchev–Trinajstić information content (AvgIpc) is 3.71. The molecule has 0 atom stereocenters. The maximum Gasteiger partial charge on any atom is 0.354 e. The van der Waals surface area contributed by atoms with Gasteiger partial charge in [-0.1, -0.05) is 0 Å². The standard InChI is InChI=1S/C11H13NO4.C11H15NO3/c1-15-10-5-12-8(11(13)14)4-9(10)16-6-7-2-3-7;1-14-11-5-12-9(6-13)4-10(11)15-7-8-2-3-8/h4-5,7H,2-3,6H2,1H3,(H,13,14);4-5,8,13H,2-3,6-7H2,1H3. The van der Waals surface area contributed by atoms with Gasteiger partial charge in [0.2, 0.25) is 0 Å². The number of rotatable bonds is 10. The monoisotopic (exact) mass is 432 g/mol. The van der Waals surface area contributed by atoms with Gasteiger partial charge in [0.05, 0.1) is 52.1 Å². The molecule has 9 heteroatoms. The van der Waals surface area contributed by atoms with E-state index in [-0.39, 0.29) is 12.3 Å². The van der Waals surface area contributed by atoms with Gasteiger partial charge in [-0.3, -0.25) is 4.98 Å². The Morgan fingerprint density at radius 2 is 1.42 bits per heavy atom. The van der Waals surface area contributed by atoms with Crippen LogP contribution >= 0.6 is 0 Å². The topological polar surface area (TPSA) is 120 Å². The number of pyridine rings is 2. The molecule has 0 radical (unpaired) electrons. The highest BCUT2D eigenvalue weighted by atomic mass is 16.5. The molecule has 0 aliphatic heterocycles. The molecule has 2 fully saturated rings. The summed E-state index contributed by atoms with van der Waals surface area (Å²) in [6, 6.07) is 3.12. The molecule has 2 heterocycles. The zero-order chi connectivity index (χ0) is 22.2. The second kappa shape index (κ2) is 10.8. The summed E-state index contributed by atoms with van der Waals surface area (Å²) in [7, 11) is 3.08. The third-order valence-corrected chi connectivity index (χ3v) is 4.88. The molecule has 4 rings (SSSR count). The Labute approximate surface area is 181 Å². The first-order valence-electron chi connectivity index (χ1n) is 10.2. The summed E-state index contributed by atoms with van der Waals surface area (Å²) in [6.45, 7) is 1.26. The van der Waals surface area contributed by atoms with Crippen LogP contribution in [0.3, 0.4) is 0 Å². The number of aliphatic hydroxyl groups excluding tert-OH is 1. The Balaban J connectivity index is 0.000000176. The Morgan fingerprint density at radius 1 is 0.903 bits per heavy atom. The minimum atomic E-state index is -1.07. The molecule has 0 spiro atoms. The molecule has 2 saturated carbocycles. The summed E-state index contributed by atoms with van der Waals surface area (Å²) in [5.74, 6) is 2.43. The lowest BCUT2D eigenvalue weighted by atomic mass is 10.3. The van der Waals surface area contributed by atoms with Crippen molar-refractivity contribution >= 4 is 5.97 Å². The summed E-state index contributed by atoms with van der Waals surface area (Å²) in [4.78, 5) is 18.5. The smallest absolute Gasteiger partial charge is 0.354 e. The molecule has 2 aliphatic carbocycles. The molecule has 0 unspecified atom stereocenters. The van der Waals surface area contributed by atoms with E-state index in [9.17, 15) is 4.79 Å². The van der Waals surface area contributed by atoms with Crippen LogP contribution in [0.4, 0.5) is 0 Å². The fraction of sp³-hybridized carbons (Fsp3) is 0.500. The van der Waals surface area contributed by atoms with Gasteiger partial charge in [-0.05, 0) is 37.5 Å². The van der Waals surface area contributed by atoms with Crippen LogP contribution in [-0.2, 0) is 6.61 Å². The maximum atomic E-state index is 10.7. The van der Waals surface area contributed by atoms with Crippen molar-refractivity contribution in [3.8, 4) is 23.0 Å². The first-order chi connectivity index (χ1) is 15.0. The van der Waals surface area contributed by atoms with E-state index in [2.05, 4.69) is 9.97 Å². The van der Waals surface area contributed by atoms with Crippen LogP contribution in [0.2, 0.25) is 0 Å². The quantitative estimate of drug-likeness (QED) is 0.584. The predicted octanol–water partition coefficient (Wildman–Crippen LogP) is 2.95. The van der Waals surface area contributed by atoms with Gasteiger partial charge < -0.3 is 29.2 Å². The normalized spacial score (nSPS) is 14.8. The van der Waals surface area contributed by atoms with E-state index in [1.54, 1.807) is 19.4 Å². The number of aliphatic hydroxyl groups is 1. The van der Waals surface area contributed by atoms with Gasteiger partial charge in [-0.2, -0.15) is 0 Å². The van der Waals surface area contributed by atoms with E-state index in [4.69, 9.17) is 29.2 Å². The van der Waals surface area contributed by atoms with E-state index < -0.39 is 5.97 Å². The molecule has 0 bridgehead atoms. The minimum absolute atomic E-state index is 0.0356. The van der Waals surface area contributed by atoms with Crippen LogP contribution in [0, 0.1) is 11.8 Å². The molecule has 168 valence electrons. The van der Waals surface area contributed by atoms with E-state index in [0.29, 0.717) is 47.1 Å². The third kappa shape index (κ3) is 6.99. The van der Waals surface area contributed by atoms with Crippen molar-refractivity contribution in [2.45, 2.75) is 32.3 Å². The van der Waals surface area contributed by atoms with Crippen LogP contribution in [-0.4, -0.2) is 53.6 Å². The highest BCUT2D eigenvalue weighted by molar-refractivity contribution is 5.86. The van der Waals surface area contributed by atoms with E-state index in [1.807, 2.05) is 0 Å². The van der Waals surface area contributed by atoms with Gasteiger partial charge in [0, 0.05) is 12.1 Å². The fourth-order valence-electron chi connectivity index (χ4n) is 2.61. The first kappa shape index (κ1) is 22.6. The van der Waals surface area contributed by atoms with Crippen molar-refractivity contribution in [1.82, 2.24) is 9.97 Å². The predicted molar refractivity (Wildman–Crippen MR) is 111 cm³/mol. The number of hydrogen-bond acceptors (Lipinski definition) is 8. The van der Waals surface area contributed by atoms with Gasteiger partial charge in [0.1, 0.15) is 0 Å². The largest absolute Gasteiger partial charge is 0.491 e. The van der Waals surface area contributed by atoms with Crippen LogP contribution in [0.25, 0.3) is 0 Å². The molecule has 31 heavy (non-hydrogen) atoms. The number of carbonyl (C=O) groups is 1. The Bertz CT molecular complexity index is 882. The van der Waals surface area contributed by atoms with Crippen molar-refractivity contribution in [1.29, 1.82) is 0 Å². The molecule has 0 aromatic carbocycles. The molecular formula is C22H28N2O7. The second-order valence-corrected chi connectivity index (χ2v) is 7.52. The van der Waals surface area contributed by atoms with Crippen molar-refractivity contribution in [2.24, 2.45) is 11.8 Å². The lowest BCUT2D eigenvalue weighted by Crippen LogP contribution is -2.05. The van der Waals surface area contributed by atoms with Gasteiger partial charge in [0.15, 0.2) is 28.7 Å². The molecule has 0 saturated heterocycles. The minimum Gasteiger partial charge on any atom is -0.491 e. The summed E-state index contributed by atoms with van der Waals surface area (Å²) in [6.07, 6.45) is 7.80. The van der Waals surface area contributed by atoms with E-state index in [1.165, 1.54) is 45.1 Å². The van der Waals surface area contributed by atoms with Crippen molar-refractivity contribution in [3.63, 3.8) is 0 Å². The molecular weight excluding hydrogens is 404 g/mol. The lowest BCUT2D eigenvalue weighted by molar-refractivity contribution is 0.0689. The van der Waals surface area contributed by atoms with Crippen molar-refractivity contribution in [3.05, 3.63) is 35.9 Å². The summed E-state index contributed by atoms with van der Waals surface area (Å²) in [5.41, 5.74) is 0.563. The number of methoxy groups -OCH3 is 2. The van der Waals surface area contributed by atoms with E-state index >= 15 is 0 Å². The highest BCUT2D eigenvalue weighted by Gasteiger charge is 2.23. The number of aromatic carboxylic acids is 1. The Hall–Kier alpha value is -3.07. The number of ether oxygens (including phenoxy) is 4. The van der Waals surface area contributed by atoms with Crippen LogP contribution in [0.15, 0.2) is 24.5 Å². The van der Waals surface area contributed by atoms with Crippen molar-refractivity contribution in [2.75, 3.05) is 27.4 Å². The molecule has 2 aromatic heterocycles. The van der Waals surface area contributed by atoms with Gasteiger partial charge in [-0.25, -0.2) is 9.78 Å². The molecule has 2 N–H and O–H groups in total. The summed E-state index contributed by atoms with van der Waals surface area (Å²) >= 11 is 0. The maximum absolute atomic E-state index is 10.7. The number of nitrogens with zero attached hydrogens (tertiary/aromatic N) is 2. The second-order valence-electron chi connectivity index (χ2n) is 7.52. The van der Waals surface area contributed by atoms with Crippen LogP contribution in [0.1, 0.15) is 41.9 Å². The molecule has 2 aromatic rings. The zero-order valence-corrected chi connectivity index (χ0v) is 17.7. The van der Waals surface area contributed by atoms with Gasteiger partial charge in [-0.15, -0.1) is 0 Å². The SMILES string of the molecule is COc1cnc(C(=O)O)cc1OCC1CC1.COc1cnc(CO)cc1OCC1CC1. The van der Waals surface area contributed by atoms with Gasteiger partial charge in [0.25, 0.3) is 0 Å². The molecule has 2 aliphatic rings. The third-order valence-electron chi connectivity index (χ3n) is 4.88. The van der Waals surface area contributed by atoms with E-state index in [0.717, 1.165) is 6.61 Å². The lowest BCUT2D eigenvalue weighted by Gasteiger charge is -2.10. The number of hydrogen-bond donors (Lipinski definition) is 2. The number of carboxylic acids is 1. The zero-order valence-electron chi connectivity index (χ0n) is 17.7. The first-order valence-corrected chi connectivity index (χ1v) is 10.2.